The van der Waals surface area contributed by atoms with Crippen LogP contribution < -0.4 is 5.32 Å². The minimum absolute atomic E-state index is 0.0126. The van der Waals surface area contributed by atoms with Crippen LogP contribution in [-0.2, 0) is 17.8 Å². The zero-order valence-electron chi connectivity index (χ0n) is 12.4. The largest absolute Gasteiger partial charge is 0.356 e. The minimum Gasteiger partial charge on any atom is -0.356 e. The second-order valence-electron chi connectivity index (χ2n) is 5.11. The molecule has 0 atom stereocenters. The molecular formula is C16H23N3O. The first-order valence-electron chi connectivity index (χ1n) is 7.41. The molecule has 0 spiro atoms. The van der Waals surface area contributed by atoms with Crippen molar-refractivity contribution in [1.29, 1.82) is 0 Å². The SMILES string of the molecule is CCCCCn1c(CCNC(C)=O)nc2ccccc21. The monoisotopic (exact) mass is 273 g/mol. The zero-order chi connectivity index (χ0) is 14.4. The van der Waals surface area contributed by atoms with E-state index in [0.29, 0.717) is 6.54 Å². The Bertz CT molecular complexity index is 574. The Morgan fingerprint density at radius 2 is 2.10 bits per heavy atom. The molecule has 1 amide bonds. The summed E-state index contributed by atoms with van der Waals surface area (Å²) in [6.07, 6.45) is 4.40. The van der Waals surface area contributed by atoms with Gasteiger partial charge in [-0.2, -0.15) is 0 Å². The van der Waals surface area contributed by atoms with Crippen LogP contribution in [0.5, 0.6) is 0 Å². The molecule has 4 heteroatoms. The van der Waals surface area contributed by atoms with E-state index in [1.165, 1.54) is 24.8 Å². The van der Waals surface area contributed by atoms with Crippen molar-refractivity contribution in [2.75, 3.05) is 6.54 Å². The molecule has 1 N–H and O–H groups in total. The number of imidazole rings is 1. The number of rotatable bonds is 7. The molecule has 0 bridgehead atoms. The van der Waals surface area contributed by atoms with Gasteiger partial charge in [-0.1, -0.05) is 31.9 Å². The molecule has 0 unspecified atom stereocenters. The van der Waals surface area contributed by atoms with Crippen molar-refractivity contribution >= 4 is 16.9 Å². The van der Waals surface area contributed by atoms with E-state index in [1.807, 2.05) is 12.1 Å². The molecule has 1 aromatic heterocycles. The molecule has 2 aromatic rings. The Labute approximate surface area is 120 Å². The Balaban J connectivity index is 2.17. The summed E-state index contributed by atoms with van der Waals surface area (Å²) in [5.74, 6) is 1.08. The maximum absolute atomic E-state index is 11.0. The van der Waals surface area contributed by atoms with Gasteiger partial charge in [0, 0.05) is 26.4 Å². The number of nitrogens with one attached hydrogen (secondary N) is 1. The van der Waals surface area contributed by atoms with E-state index in [4.69, 9.17) is 4.98 Å². The molecule has 4 nitrogen and oxygen atoms in total. The van der Waals surface area contributed by atoms with E-state index in [1.54, 1.807) is 6.92 Å². The number of carbonyl (C=O) groups is 1. The van der Waals surface area contributed by atoms with Crippen LogP contribution in [-0.4, -0.2) is 22.0 Å². The summed E-state index contributed by atoms with van der Waals surface area (Å²) in [6, 6.07) is 8.24. The number of fused-ring (bicyclic) bond motifs is 1. The Morgan fingerprint density at radius 3 is 2.85 bits per heavy atom. The number of aromatic nitrogens is 2. The number of hydrogen-bond donors (Lipinski definition) is 1. The fourth-order valence-electron chi connectivity index (χ4n) is 2.44. The third kappa shape index (κ3) is 3.59. The smallest absolute Gasteiger partial charge is 0.216 e. The number of para-hydroxylation sites is 2. The summed E-state index contributed by atoms with van der Waals surface area (Å²) in [5.41, 5.74) is 2.24. The molecule has 0 aliphatic carbocycles. The van der Waals surface area contributed by atoms with Crippen molar-refractivity contribution in [1.82, 2.24) is 14.9 Å². The van der Waals surface area contributed by atoms with Gasteiger partial charge >= 0.3 is 0 Å². The number of benzene rings is 1. The van der Waals surface area contributed by atoms with Gasteiger partial charge in [-0.15, -0.1) is 0 Å². The Morgan fingerprint density at radius 1 is 1.30 bits per heavy atom. The molecular weight excluding hydrogens is 250 g/mol. The average Bonchev–Trinajstić information content (AvgIpc) is 2.77. The van der Waals surface area contributed by atoms with Crippen LogP contribution in [0.15, 0.2) is 24.3 Å². The van der Waals surface area contributed by atoms with Crippen molar-refractivity contribution in [2.24, 2.45) is 0 Å². The quantitative estimate of drug-likeness (QED) is 0.788. The number of carbonyl (C=O) groups excluding carboxylic acids is 1. The van der Waals surface area contributed by atoms with Gasteiger partial charge in [0.25, 0.3) is 0 Å². The van der Waals surface area contributed by atoms with E-state index in [9.17, 15) is 4.79 Å². The van der Waals surface area contributed by atoms with Crippen LogP contribution in [0.4, 0.5) is 0 Å². The fraction of sp³-hybridized carbons (Fsp3) is 0.500. The van der Waals surface area contributed by atoms with Gasteiger partial charge in [0.1, 0.15) is 5.82 Å². The molecule has 0 saturated heterocycles. The molecule has 1 aromatic carbocycles. The van der Waals surface area contributed by atoms with Gasteiger partial charge < -0.3 is 9.88 Å². The first-order chi connectivity index (χ1) is 9.72. The van der Waals surface area contributed by atoms with Crippen LogP contribution in [0.2, 0.25) is 0 Å². The molecule has 1 heterocycles. The Hall–Kier alpha value is -1.84. The Kier molecular flexibility index (Phi) is 5.16. The van der Waals surface area contributed by atoms with E-state index < -0.39 is 0 Å². The minimum atomic E-state index is 0.0126. The van der Waals surface area contributed by atoms with Gasteiger partial charge in [-0.25, -0.2) is 4.98 Å². The van der Waals surface area contributed by atoms with Gasteiger partial charge in [-0.05, 0) is 18.6 Å². The van der Waals surface area contributed by atoms with Crippen molar-refractivity contribution in [2.45, 2.75) is 46.1 Å². The lowest BCUT2D eigenvalue weighted by Gasteiger charge is -2.09. The third-order valence-corrected chi connectivity index (χ3v) is 3.44. The lowest BCUT2D eigenvalue weighted by atomic mass is 10.2. The van der Waals surface area contributed by atoms with E-state index in [-0.39, 0.29) is 5.91 Å². The number of amides is 1. The molecule has 0 fully saturated rings. The third-order valence-electron chi connectivity index (χ3n) is 3.44. The van der Waals surface area contributed by atoms with Crippen molar-refractivity contribution in [3.05, 3.63) is 30.1 Å². The fourth-order valence-corrected chi connectivity index (χ4v) is 2.44. The lowest BCUT2D eigenvalue weighted by molar-refractivity contribution is -0.118. The highest BCUT2D eigenvalue weighted by atomic mass is 16.1. The number of nitrogens with zero attached hydrogens (tertiary/aromatic N) is 2. The highest BCUT2D eigenvalue weighted by Gasteiger charge is 2.09. The lowest BCUT2D eigenvalue weighted by Crippen LogP contribution is -2.23. The van der Waals surface area contributed by atoms with Crippen molar-refractivity contribution < 1.29 is 4.79 Å². The van der Waals surface area contributed by atoms with Crippen LogP contribution in [0.25, 0.3) is 11.0 Å². The van der Waals surface area contributed by atoms with Gasteiger partial charge in [-0.3, -0.25) is 4.79 Å². The molecule has 0 aliphatic heterocycles. The summed E-state index contributed by atoms with van der Waals surface area (Å²) in [7, 11) is 0. The topological polar surface area (TPSA) is 46.9 Å². The molecule has 0 saturated carbocycles. The first-order valence-corrected chi connectivity index (χ1v) is 7.41. The van der Waals surface area contributed by atoms with E-state index >= 15 is 0 Å². The van der Waals surface area contributed by atoms with Crippen LogP contribution in [0, 0.1) is 0 Å². The number of unbranched alkanes of at least 4 members (excludes halogenated alkanes) is 2. The van der Waals surface area contributed by atoms with Crippen LogP contribution >= 0.6 is 0 Å². The molecule has 0 radical (unpaired) electrons. The zero-order valence-corrected chi connectivity index (χ0v) is 12.4. The summed E-state index contributed by atoms with van der Waals surface area (Å²) < 4.78 is 2.30. The number of hydrogen-bond acceptors (Lipinski definition) is 2. The van der Waals surface area contributed by atoms with Crippen molar-refractivity contribution in [3.8, 4) is 0 Å². The highest BCUT2D eigenvalue weighted by Crippen LogP contribution is 2.17. The van der Waals surface area contributed by atoms with Gasteiger partial charge in [0.15, 0.2) is 0 Å². The molecule has 108 valence electrons. The molecule has 2 rings (SSSR count). The molecule has 20 heavy (non-hydrogen) atoms. The maximum Gasteiger partial charge on any atom is 0.216 e. The van der Waals surface area contributed by atoms with Gasteiger partial charge in [0.2, 0.25) is 5.91 Å². The summed E-state index contributed by atoms with van der Waals surface area (Å²) in [4.78, 5) is 15.7. The first kappa shape index (κ1) is 14.6. The van der Waals surface area contributed by atoms with Crippen LogP contribution in [0.3, 0.4) is 0 Å². The summed E-state index contributed by atoms with van der Waals surface area (Å²) in [6.45, 7) is 5.41. The van der Waals surface area contributed by atoms with Crippen LogP contribution in [0.1, 0.15) is 38.9 Å². The van der Waals surface area contributed by atoms with E-state index in [2.05, 4.69) is 28.9 Å². The number of aryl methyl sites for hydroxylation is 1. The van der Waals surface area contributed by atoms with Crippen molar-refractivity contribution in [3.63, 3.8) is 0 Å². The highest BCUT2D eigenvalue weighted by molar-refractivity contribution is 5.76. The average molecular weight is 273 g/mol. The summed E-state index contributed by atoms with van der Waals surface area (Å²) >= 11 is 0. The predicted molar refractivity (Wildman–Crippen MR) is 81.6 cm³/mol. The maximum atomic E-state index is 11.0. The molecule has 0 aliphatic rings. The normalized spacial score (nSPS) is 10.9. The van der Waals surface area contributed by atoms with Gasteiger partial charge in [0.05, 0.1) is 11.0 Å². The summed E-state index contributed by atoms with van der Waals surface area (Å²) in [5, 5.41) is 2.84. The van der Waals surface area contributed by atoms with E-state index in [0.717, 1.165) is 24.3 Å². The second kappa shape index (κ2) is 7.08. The standard InChI is InChI=1S/C16H23N3O/c1-3-4-7-12-19-15-9-6-5-8-14(15)18-16(19)10-11-17-13(2)20/h5-6,8-9H,3-4,7,10-12H2,1-2H3,(H,17,20). The second-order valence-corrected chi connectivity index (χ2v) is 5.11. The predicted octanol–water partition coefficient (Wildman–Crippen LogP) is 2.91.